The van der Waals surface area contributed by atoms with Crippen molar-refractivity contribution in [3.05, 3.63) is 9.93 Å². The van der Waals surface area contributed by atoms with Gasteiger partial charge in [0.25, 0.3) is 0 Å². The van der Waals surface area contributed by atoms with Gasteiger partial charge in [-0.3, -0.25) is 9.69 Å². The first kappa shape index (κ1) is 19.7. The van der Waals surface area contributed by atoms with E-state index in [1.165, 1.54) is 35.3 Å². The third-order valence-electron chi connectivity index (χ3n) is 3.03. The number of fused-ring (bicyclic) bond motifs is 1. The van der Waals surface area contributed by atoms with Crippen LogP contribution in [0.5, 0.6) is 0 Å². The normalized spacial score (nSPS) is 24.3. The Morgan fingerprint density at radius 3 is 2.68 bits per heavy atom. The summed E-state index contributed by atoms with van der Waals surface area (Å²) in [5, 5.41) is 18.4. The minimum absolute atomic E-state index is 0. The molecule has 2 heterocycles. The molecule has 8 nitrogen and oxygen atoms in total. The average Bonchev–Trinajstić information content (AvgIpc) is 2.68. The monoisotopic (exact) mass is 357 g/mol. The fourth-order valence-corrected chi connectivity index (χ4v) is 4.94. The van der Waals surface area contributed by atoms with E-state index in [1.54, 1.807) is 0 Å². The van der Waals surface area contributed by atoms with Crippen LogP contribution >= 0.6 is 23.5 Å². The van der Waals surface area contributed by atoms with E-state index >= 15 is 0 Å². The molecule has 2 aliphatic heterocycles. The van der Waals surface area contributed by atoms with Crippen LogP contribution in [0, 0.1) is 5.92 Å². The number of ether oxygens (including phenoxy) is 1. The Labute approximate surface area is 157 Å². The maximum atomic E-state index is 11.9. The number of thioether (sulfide) groups is 2. The van der Waals surface area contributed by atoms with E-state index in [1.807, 2.05) is 0 Å². The van der Waals surface area contributed by atoms with Gasteiger partial charge in [0.05, 0.1) is 16.3 Å². The van der Waals surface area contributed by atoms with Gasteiger partial charge in [-0.1, -0.05) is 11.8 Å². The van der Waals surface area contributed by atoms with Gasteiger partial charge < -0.3 is 20.7 Å². The van der Waals surface area contributed by atoms with Crippen LogP contribution in [-0.2, 0) is 14.3 Å². The van der Waals surface area contributed by atoms with Gasteiger partial charge in [-0.05, 0) is 6.92 Å². The van der Waals surface area contributed by atoms with Crippen LogP contribution in [0.3, 0.4) is 0 Å². The summed E-state index contributed by atoms with van der Waals surface area (Å²) < 4.78 is 5.03. The van der Waals surface area contributed by atoms with Gasteiger partial charge in [-0.15, -0.1) is 11.8 Å². The second kappa shape index (κ2) is 7.93. The predicted molar refractivity (Wildman–Crippen MR) is 81.8 cm³/mol. The van der Waals surface area contributed by atoms with E-state index in [-0.39, 0.29) is 53.1 Å². The SMILES string of the molecule is C[C@@H](O)[C@H]1C(=O)N2C(C(=O)O)=C(SCCOC(N)=O)S[C@H]12.[Na]. The molecule has 4 N–H and O–H groups in total. The number of carboxylic acid groups (broad SMARTS) is 1. The van der Waals surface area contributed by atoms with E-state index in [2.05, 4.69) is 4.74 Å². The van der Waals surface area contributed by atoms with Gasteiger partial charge in [0, 0.05) is 35.3 Å². The molecule has 0 bridgehead atoms. The van der Waals surface area contributed by atoms with Crippen LogP contribution in [0.15, 0.2) is 9.93 Å². The van der Waals surface area contributed by atoms with E-state index in [0.717, 1.165) is 0 Å². The minimum atomic E-state index is -1.19. The van der Waals surface area contributed by atoms with Crippen molar-refractivity contribution in [2.24, 2.45) is 11.7 Å². The van der Waals surface area contributed by atoms with Gasteiger partial charge >= 0.3 is 12.1 Å². The Kier molecular flexibility index (Phi) is 7.09. The summed E-state index contributed by atoms with van der Waals surface area (Å²) in [4.78, 5) is 34.9. The number of nitrogens with zero attached hydrogens (tertiary/aromatic N) is 1. The second-order valence-corrected chi connectivity index (χ2v) is 6.93. The van der Waals surface area contributed by atoms with Gasteiger partial charge in [0.2, 0.25) is 5.91 Å². The molecule has 0 aromatic rings. The van der Waals surface area contributed by atoms with Crippen LogP contribution in [0.4, 0.5) is 4.79 Å². The molecule has 11 heteroatoms. The zero-order valence-corrected chi connectivity index (χ0v) is 15.6. The van der Waals surface area contributed by atoms with Crippen LogP contribution in [0.25, 0.3) is 0 Å². The number of β-lactam (4-membered cyclic amide) rings is 1. The molecule has 0 aromatic carbocycles. The number of amides is 2. The number of hydrogen-bond acceptors (Lipinski definition) is 7. The molecular weight excluding hydrogens is 343 g/mol. The third kappa shape index (κ3) is 3.74. The predicted octanol–water partition coefficient (Wildman–Crippen LogP) is -0.400. The van der Waals surface area contributed by atoms with Crippen molar-refractivity contribution >= 4 is 71.1 Å². The Hall–Kier alpha value is -0.390. The first-order valence-corrected chi connectivity index (χ1v) is 7.91. The van der Waals surface area contributed by atoms with Crippen molar-refractivity contribution in [3.63, 3.8) is 0 Å². The number of nitrogens with two attached hydrogens (primary N) is 1. The topological polar surface area (TPSA) is 130 Å². The number of aliphatic hydroxyl groups excluding tert-OH is 1. The zero-order chi connectivity index (χ0) is 15.7. The average molecular weight is 357 g/mol. The Morgan fingerprint density at radius 1 is 1.55 bits per heavy atom. The number of hydrogen-bond donors (Lipinski definition) is 3. The van der Waals surface area contributed by atoms with Crippen molar-refractivity contribution in [1.82, 2.24) is 4.90 Å². The number of aliphatic hydroxyl groups is 1. The molecule has 3 atom stereocenters. The molecule has 2 amide bonds. The summed E-state index contributed by atoms with van der Waals surface area (Å²) in [5.41, 5.74) is 4.75. The molecule has 2 rings (SSSR count). The molecule has 1 fully saturated rings. The number of carboxylic acids is 1. The fraction of sp³-hybridized carbons (Fsp3) is 0.545. The molecule has 2 aliphatic rings. The molecule has 1 radical (unpaired) electrons. The van der Waals surface area contributed by atoms with Gasteiger partial charge in [0.15, 0.2) is 5.70 Å². The van der Waals surface area contributed by atoms with Crippen LogP contribution < -0.4 is 5.73 Å². The summed E-state index contributed by atoms with van der Waals surface area (Å²) in [6, 6.07) is 0. The quantitative estimate of drug-likeness (QED) is 0.333. The second-order valence-electron chi connectivity index (χ2n) is 4.44. The summed E-state index contributed by atoms with van der Waals surface area (Å²) in [6.45, 7) is 1.56. The summed E-state index contributed by atoms with van der Waals surface area (Å²) >= 11 is 2.41. The standard InChI is InChI=1S/C11H14N2O6S2.Na/c1-4(14)5-7(15)13-6(9(16)17)10(21-8(5)13)20-3-2-19-11(12)18;/h4-5,8,14H,2-3H2,1H3,(H2,12,18)(H,16,17);/t4-,5+,8-;/m1./s1. The third-order valence-corrected chi connectivity index (χ3v) is 5.65. The number of rotatable bonds is 6. The Morgan fingerprint density at radius 2 is 2.18 bits per heavy atom. The fourth-order valence-electron chi connectivity index (χ4n) is 2.13. The Balaban J connectivity index is 0.00000242. The molecule has 117 valence electrons. The summed E-state index contributed by atoms with van der Waals surface area (Å²) in [6.07, 6.45) is -1.72. The summed E-state index contributed by atoms with van der Waals surface area (Å²) in [5.74, 6) is -1.84. The van der Waals surface area contributed by atoms with Gasteiger partial charge in [-0.2, -0.15) is 0 Å². The van der Waals surface area contributed by atoms with E-state index < -0.39 is 24.1 Å². The van der Waals surface area contributed by atoms with Crippen LogP contribution in [0.1, 0.15) is 6.92 Å². The first-order chi connectivity index (χ1) is 9.84. The number of carbonyl (C=O) groups is 3. The van der Waals surface area contributed by atoms with Crippen molar-refractivity contribution in [1.29, 1.82) is 0 Å². The molecule has 1 saturated heterocycles. The maximum absolute atomic E-state index is 11.9. The molecule has 0 spiro atoms. The molecule has 0 saturated carbocycles. The Bertz CT molecular complexity index is 527. The van der Waals surface area contributed by atoms with E-state index in [9.17, 15) is 24.6 Å². The van der Waals surface area contributed by atoms with Crippen LogP contribution in [0.2, 0.25) is 0 Å². The van der Waals surface area contributed by atoms with Crippen molar-refractivity contribution in [2.75, 3.05) is 12.4 Å². The molecule has 0 aromatic heterocycles. The van der Waals surface area contributed by atoms with Crippen LogP contribution in [-0.4, -0.2) is 86.5 Å². The van der Waals surface area contributed by atoms with Crippen molar-refractivity contribution in [3.8, 4) is 0 Å². The number of carbonyl (C=O) groups excluding carboxylic acids is 2. The van der Waals surface area contributed by atoms with Gasteiger partial charge in [-0.25, -0.2) is 9.59 Å². The van der Waals surface area contributed by atoms with Gasteiger partial charge in [0.1, 0.15) is 12.0 Å². The van der Waals surface area contributed by atoms with Crippen molar-refractivity contribution in [2.45, 2.75) is 18.4 Å². The smallest absolute Gasteiger partial charge is 0.404 e. The largest absolute Gasteiger partial charge is 0.477 e. The molecular formula is C11H14N2NaO6S2. The van der Waals surface area contributed by atoms with E-state index in [0.29, 0.717) is 9.99 Å². The first-order valence-electron chi connectivity index (χ1n) is 6.05. The molecule has 22 heavy (non-hydrogen) atoms. The zero-order valence-electron chi connectivity index (χ0n) is 12.0. The summed E-state index contributed by atoms with van der Waals surface area (Å²) in [7, 11) is 0. The molecule has 0 aliphatic carbocycles. The maximum Gasteiger partial charge on any atom is 0.404 e. The van der Waals surface area contributed by atoms with E-state index in [4.69, 9.17) is 5.73 Å². The van der Waals surface area contributed by atoms with Crippen molar-refractivity contribution < 1.29 is 29.3 Å². The number of aliphatic carboxylic acids is 1. The minimum Gasteiger partial charge on any atom is -0.477 e. The molecule has 0 unspecified atom stereocenters. The number of primary amides is 1.